The number of hydrogen-bond donors (Lipinski definition) is 2. The van der Waals surface area contributed by atoms with Crippen molar-refractivity contribution in [2.45, 2.75) is 38.1 Å². The molecule has 1 aromatic heterocycles. The summed E-state index contributed by atoms with van der Waals surface area (Å²) in [5.74, 6) is 6.48. The molecule has 2 nitrogen and oxygen atoms in total. The molecule has 0 saturated heterocycles. The molecular weight excluding hydrogens is 264 g/mol. The fourth-order valence-corrected chi connectivity index (χ4v) is 4.00. The third kappa shape index (κ3) is 3.11. The average molecular weight is 286 g/mol. The van der Waals surface area contributed by atoms with Crippen LogP contribution in [0, 0.1) is 5.92 Å². The van der Waals surface area contributed by atoms with Crippen molar-refractivity contribution in [1.82, 2.24) is 5.43 Å². The van der Waals surface area contributed by atoms with Crippen molar-refractivity contribution in [3.63, 3.8) is 0 Å². The van der Waals surface area contributed by atoms with Crippen LogP contribution in [-0.4, -0.2) is 6.04 Å². The molecule has 2 unspecified atom stereocenters. The maximum atomic E-state index is 5.82. The molecule has 0 fully saturated rings. The number of thiophene rings is 1. The molecule has 0 spiro atoms. The van der Waals surface area contributed by atoms with E-state index in [1.54, 1.807) is 0 Å². The topological polar surface area (TPSA) is 38.0 Å². The lowest BCUT2D eigenvalue weighted by atomic mass is 9.79. The van der Waals surface area contributed by atoms with Gasteiger partial charge in [0.05, 0.1) is 0 Å². The molecule has 1 aliphatic rings. The van der Waals surface area contributed by atoms with Gasteiger partial charge in [0.1, 0.15) is 0 Å². The lowest BCUT2D eigenvalue weighted by Crippen LogP contribution is -2.43. The first kappa shape index (κ1) is 13.8. The van der Waals surface area contributed by atoms with Gasteiger partial charge in [-0.1, -0.05) is 30.3 Å². The van der Waals surface area contributed by atoms with Gasteiger partial charge in [-0.2, -0.15) is 0 Å². The lowest BCUT2D eigenvalue weighted by molar-refractivity contribution is 0.308. The fraction of sp³-hybridized carbons (Fsp3) is 0.412. The van der Waals surface area contributed by atoms with Crippen molar-refractivity contribution < 1.29 is 0 Å². The summed E-state index contributed by atoms with van der Waals surface area (Å²) in [4.78, 5) is 1.46. The van der Waals surface area contributed by atoms with E-state index in [9.17, 15) is 0 Å². The molecule has 106 valence electrons. The summed E-state index contributed by atoms with van der Waals surface area (Å²) in [6.07, 6.45) is 5.86. The summed E-state index contributed by atoms with van der Waals surface area (Å²) in [6, 6.07) is 13.6. The Hall–Kier alpha value is -1.16. The molecule has 3 N–H and O–H groups in total. The molecule has 20 heavy (non-hydrogen) atoms. The standard InChI is InChI=1S/C17H22N2S/c18-19-17(10-9-16-6-3-11-20-16)15-8-7-13-4-1-2-5-14(13)12-15/h1-6,11,15,17,19H,7-10,12,18H2. The van der Waals surface area contributed by atoms with Crippen molar-refractivity contribution in [1.29, 1.82) is 0 Å². The van der Waals surface area contributed by atoms with Crippen molar-refractivity contribution in [2.75, 3.05) is 0 Å². The zero-order chi connectivity index (χ0) is 13.8. The predicted molar refractivity (Wildman–Crippen MR) is 85.7 cm³/mol. The number of benzene rings is 1. The highest BCUT2D eigenvalue weighted by Gasteiger charge is 2.25. The first-order chi connectivity index (χ1) is 9.86. The third-order valence-corrected chi connectivity index (χ3v) is 5.39. The lowest BCUT2D eigenvalue weighted by Gasteiger charge is -2.31. The summed E-state index contributed by atoms with van der Waals surface area (Å²) in [7, 11) is 0. The van der Waals surface area contributed by atoms with Gasteiger partial charge in [-0.3, -0.25) is 11.3 Å². The molecular formula is C17H22N2S. The Morgan fingerprint density at radius 3 is 2.80 bits per heavy atom. The maximum absolute atomic E-state index is 5.82. The van der Waals surface area contributed by atoms with Crippen LogP contribution in [0.2, 0.25) is 0 Å². The van der Waals surface area contributed by atoms with Crippen LogP contribution in [0.15, 0.2) is 41.8 Å². The normalized spacial score (nSPS) is 19.6. The molecule has 1 aliphatic carbocycles. The molecule has 0 radical (unpaired) electrons. The second kappa shape index (κ2) is 6.53. The third-order valence-electron chi connectivity index (χ3n) is 4.45. The predicted octanol–water partition coefficient (Wildman–Crippen LogP) is 3.32. The van der Waals surface area contributed by atoms with Crippen LogP contribution in [0.25, 0.3) is 0 Å². The quantitative estimate of drug-likeness (QED) is 0.653. The van der Waals surface area contributed by atoms with E-state index >= 15 is 0 Å². The Bertz CT molecular complexity index is 536. The van der Waals surface area contributed by atoms with E-state index in [1.807, 2.05) is 11.3 Å². The van der Waals surface area contributed by atoms with Crippen LogP contribution >= 0.6 is 11.3 Å². The van der Waals surface area contributed by atoms with Crippen LogP contribution in [0.5, 0.6) is 0 Å². The molecule has 0 amide bonds. The molecule has 3 rings (SSSR count). The smallest absolute Gasteiger partial charge is 0.0245 e. The van der Waals surface area contributed by atoms with Gasteiger partial charge in [0.15, 0.2) is 0 Å². The van der Waals surface area contributed by atoms with Crippen molar-refractivity contribution in [2.24, 2.45) is 11.8 Å². The molecule has 1 heterocycles. The Morgan fingerprint density at radius 1 is 1.20 bits per heavy atom. The van der Waals surface area contributed by atoms with Crippen LogP contribution in [0.4, 0.5) is 0 Å². The van der Waals surface area contributed by atoms with Crippen LogP contribution < -0.4 is 11.3 Å². The number of hydrogen-bond acceptors (Lipinski definition) is 3. The van der Waals surface area contributed by atoms with Crippen molar-refractivity contribution in [3.05, 3.63) is 57.8 Å². The Kier molecular flexibility index (Phi) is 4.51. The van der Waals surface area contributed by atoms with Gasteiger partial charge < -0.3 is 0 Å². The number of nitrogens with one attached hydrogen (secondary N) is 1. The fourth-order valence-electron chi connectivity index (χ4n) is 3.28. The minimum Gasteiger partial charge on any atom is -0.271 e. The molecule has 0 saturated carbocycles. The molecule has 0 bridgehead atoms. The van der Waals surface area contributed by atoms with Gasteiger partial charge in [0.2, 0.25) is 0 Å². The summed E-state index contributed by atoms with van der Waals surface area (Å²) in [6.45, 7) is 0. The van der Waals surface area contributed by atoms with Gasteiger partial charge in [-0.15, -0.1) is 11.3 Å². The van der Waals surface area contributed by atoms with Gasteiger partial charge in [-0.25, -0.2) is 0 Å². The van der Waals surface area contributed by atoms with Gasteiger partial charge in [0.25, 0.3) is 0 Å². The first-order valence-corrected chi connectivity index (χ1v) is 8.30. The highest BCUT2D eigenvalue weighted by Crippen LogP contribution is 2.29. The molecule has 3 heteroatoms. The largest absolute Gasteiger partial charge is 0.271 e. The SMILES string of the molecule is NNC(CCc1cccs1)C1CCc2ccccc2C1. The second-order valence-corrected chi connectivity index (χ2v) is 6.70. The number of rotatable bonds is 5. The van der Waals surface area contributed by atoms with Gasteiger partial charge in [0, 0.05) is 10.9 Å². The minimum absolute atomic E-state index is 0.422. The zero-order valence-electron chi connectivity index (χ0n) is 11.7. The zero-order valence-corrected chi connectivity index (χ0v) is 12.5. The number of nitrogens with two attached hydrogens (primary N) is 1. The Labute approximate surface area is 125 Å². The molecule has 0 aliphatic heterocycles. The molecule has 1 aromatic carbocycles. The number of aryl methyl sites for hydroxylation is 2. The summed E-state index contributed by atoms with van der Waals surface area (Å²) < 4.78 is 0. The van der Waals surface area contributed by atoms with E-state index in [4.69, 9.17) is 5.84 Å². The molecule has 2 aromatic rings. The van der Waals surface area contributed by atoms with E-state index in [1.165, 1.54) is 28.8 Å². The van der Waals surface area contributed by atoms with Gasteiger partial charge in [-0.05, 0) is 60.6 Å². The van der Waals surface area contributed by atoms with Crippen LogP contribution in [0.1, 0.15) is 28.8 Å². The van der Waals surface area contributed by atoms with Gasteiger partial charge >= 0.3 is 0 Å². The maximum Gasteiger partial charge on any atom is 0.0245 e. The molecule has 2 atom stereocenters. The highest BCUT2D eigenvalue weighted by atomic mass is 32.1. The average Bonchev–Trinajstić information content (AvgIpc) is 3.01. The van der Waals surface area contributed by atoms with Crippen LogP contribution in [0.3, 0.4) is 0 Å². The number of hydrazine groups is 1. The monoisotopic (exact) mass is 286 g/mol. The summed E-state index contributed by atoms with van der Waals surface area (Å²) in [5.41, 5.74) is 6.11. The van der Waals surface area contributed by atoms with Crippen molar-refractivity contribution >= 4 is 11.3 Å². The summed E-state index contributed by atoms with van der Waals surface area (Å²) in [5, 5.41) is 2.15. The van der Waals surface area contributed by atoms with E-state index in [0.29, 0.717) is 12.0 Å². The Balaban J connectivity index is 1.62. The van der Waals surface area contributed by atoms with E-state index in [0.717, 1.165) is 19.3 Å². The van der Waals surface area contributed by atoms with Crippen molar-refractivity contribution in [3.8, 4) is 0 Å². The van der Waals surface area contributed by atoms with E-state index < -0.39 is 0 Å². The minimum atomic E-state index is 0.422. The van der Waals surface area contributed by atoms with E-state index in [-0.39, 0.29) is 0 Å². The van der Waals surface area contributed by atoms with Crippen LogP contribution in [-0.2, 0) is 19.3 Å². The Morgan fingerprint density at radius 2 is 2.05 bits per heavy atom. The number of fused-ring (bicyclic) bond motifs is 1. The summed E-state index contributed by atoms with van der Waals surface area (Å²) >= 11 is 1.84. The first-order valence-electron chi connectivity index (χ1n) is 7.42. The highest BCUT2D eigenvalue weighted by molar-refractivity contribution is 7.09. The van der Waals surface area contributed by atoms with E-state index in [2.05, 4.69) is 47.2 Å². The second-order valence-electron chi connectivity index (χ2n) is 5.66.